The van der Waals surface area contributed by atoms with Gasteiger partial charge >= 0.3 is 7.60 Å². The fourth-order valence-corrected chi connectivity index (χ4v) is 10.8. The van der Waals surface area contributed by atoms with Crippen LogP contribution in [0.2, 0.25) is 5.02 Å². The predicted octanol–water partition coefficient (Wildman–Crippen LogP) is 7.64. The molecule has 47 heavy (non-hydrogen) atoms. The monoisotopic (exact) mass is 723 g/mol. The van der Waals surface area contributed by atoms with Crippen molar-refractivity contribution in [3.05, 3.63) is 99.9 Å². The summed E-state index contributed by atoms with van der Waals surface area (Å²) in [5.41, 5.74) is -0.235. The van der Waals surface area contributed by atoms with Crippen LogP contribution in [0.3, 0.4) is 0 Å². The van der Waals surface area contributed by atoms with Crippen LogP contribution >= 0.6 is 19.2 Å². The van der Waals surface area contributed by atoms with Crippen molar-refractivity contribution < 1.29 is 40.0 Å². The molecule has 0 saturated heterocycles. The van der Waals surface area contributed by atoms with Gasteiger partial charge in [0.15, 0.2) is 5.28 Å². The Balaban J connectivity index is 2.04. The molecule has 1 N–H and O–H groups in total. The summed E-state index contributed by atoms with van der Waals surface area (Å²) in [6, 6.07) is 16.5. The molecule has 3 aromatic rings. The number of ether oxygens (including phenoxy) is 1. The highest BCUT2D eigenvalue weighted by Gasteiger charge is 2.58. The van der Waals surface area contributed by atoms with E-state index in [1.54, 1.807) is 0 Å². The lowest BCUT2D eigenvalue weighted by atomic mass is 9.92. The number of halogens is 1. The second-order valence-corrected chi connectivity index (χ2v) is 17.2. The van der Waals surface area contributed by atoms with Gasteiger partial charge in [0.25, 0.3) is 0 Å². The lowest BCUT2D eigenvalue weighted by Crippen LogP contribution is -2.48. The van der Waals surface area contributed by atoms with Gasteiger partial charge in [-0.1, -0.05) is 75.4 Å². The lowest BCUT2D eigenvalue weighted by Gasteiger charge is -2.40. The first-order valence-corrected chi connectivity index (χ1v) is 20.2. The van der Waals surface area contributed by atoms with Gasteiger partial charge in [-0.3, -0.25) is 9.36 Å². The van der Waals surface area contributed by atoms with E-state index in [4.69, 9.17) is 25.4 Å². The molecule has 3 aromatic carbocycles. The third-order valence-corrected chi connectivity index (χ3v) is 13.7. The number of nitrogens with one attached hydrogen (secondary N) is 1. The van der Waals surface area contributed by atoms with Crippen LogP contribution in [0.4, 0.5) is 0 Å². The van der Waals surface area contributed by atoms with Crippen LogP contribution in [0.15, 0.2) is 93.6 Å². The Morgan fingerprint density at radius 1 is 0.787 bits per heavy atom. The average molecular weight is 724 g/mol. The van der Waals surface area contributed by atoms with Gasteiger partial charge in [-0.25, -0.2) is 16.8 Å². The molecular formula is C33H39ClNO9PS2. The summed E-state index contributed by atoms with van der Waals surface area (Å²) >= 11 is 6.01. The molecule has 1 atom stereocenters. The summed E-state index contributed by atoms with van der Waals surface area (Å²) < 4.78 is 91.9. The number of sulfonamides is 1. The maximum Gasteiger partial charge on any atom is 0.360 e. The van der Waals surface area contributed by atoms with Crippen molar-refractivity contribution in [3.63, 3.8) is 0 Å². The average Bonchev–Trinajstić information content (AvgIpc) is 3.06. The largest absolute Gasteiger partial charge is 0.497 e. The van der Waals surface area contributed by atoms with Crippen LogP contribution in [0.25, 0.3) is 0 Å². The van der Waals surface area contributed by atoms with E-state index < -0.39 is 43.4 Å². The summed E-state index contributed by atoms with van der Waals surface area (Å²) in [6.07, 6.45) is 4.93. The van der Waals surface area contributed by atoms with Gasteiger partial charge in [-0.2, -0.15) is 4.72 Å². The van der Waals surface area contributed by atoms with Crippen molar-refractivity contribution in [1.82, 2.24) is 4.72 Å². The van der Waals surface area contributed by atoms with Gasteiger partial charge < -0.3 is 13.8 Å². The highest BCUT2D eigenvalue weighted by Crippen LogP contribution is 2.67. The number of hydrogen-bond donors (Lipinski definition) is 1. The van der Waals surface area contributed by atoms with E-state index in [9.17, 15) is 21.6 Å². The molecule has 0 amide bonds. The molecule has 0 saturated carbocycles. The summed E-state index contributed by atoms with van der Waals surface area (Å²) in [7, 11) is -12.5. The first kappa shape index (κ1) is 37.0. The van der Waals surface area contributed by atoms with E-state index in [0.717, 1.165) is 31.8 Å². The zero-order chi connectivity index (χ0) is 34.3. The van der Waals surface area contributed by atoms with Gasteiger partial charge in [0.2, 0.25) is 25.6 Å². The molecule has 0 bridgehead atoms. The maximum absolute atomic E-state index is 15.4. The number of fused-ring (bicyclic) bond motifs is 1. The summed E-state index contributed by atoms with van der Waals surface area (Å²) in [5, 5.41) is -2.20. The second kappa shape index (κ2) is 15.6. The third kappa shape index (κ3) is 7.91. The van der Waals surface area contributed by atoms with Crippen molar-refractivity contribution in [2.45, 2.75) is 67.4 Å². The predicted molar refractivity (Wildman–Crippen MR) is 181 cm³/mol. The minimum Gasteiger partial charge on any atom is -0.497 e. The Kier molecular flexibility index (Phi) is 12.3. The molecule has 0 aliphatic heterocycles. The quantitative estimate of drug-likeness (QED) is 0.110. The highest BCUT2D eigenvalue weighted by atomic mass is 35.5. The standard InChI is InChI=1S/C33H39ClNO9PS2/c1-4-6-10-22-43-45(37,44-23-11-7-5-2)33(35-47(40,41)28-20-16-26(42-3)17-21-28)24-31(32(36)29-12-8-9-13-30(29)33)46(38,39)27-18-14-25(34)15-19-27/h8-9,12-21,24,35H,4-7,10-11,22-23H2,1-3H3. The summed E-state index contributed by atoms with van der Waals surface area (Å²) in [4.78, 5) is 12.7. The fraction of sp³-hybridized carbons (Fsp3) is 0.364. The molecule has 0 aromatic heterocycles. The Bertz CT molecular complexity index is 1850. The molecule has 0 radical (unpaired) electrons. The second-order valence-electron chi connectivity index (χ2n) is 11.0. The van der Waals surface area contributed by atoms with Crippen molar-refractivity contribution in [3.8, 4) is 5.75 Å². The molecule has 4 rings (SSSR count). The zero-order valence-corrected chi connectivity index (χ0v) is 29.8. The normalized spacial score (nSPS) is 16.9. The number of rotatable bonds is 17. The zero-order valence-electron chi connectivity index (χ0n) is 26.5. The molecular weight excluding hydrogens is 685 g/mol. The van der Waals surface area contributed by atoms with Crippen LogP contribution in [0.1, 0.15) is 68.3 Å². The Morgan fingerprint density at radius 2 is 1.34 bits per heavy atom. The Labute approximate surface area is 282 Å². The van der Waals surface area contributed by atoms with Crippen LogP contribution in [0.5, 0.6) is 5.75 Å². The van der Waals surface area contributed by atoms with E-state index in [-0.39, 0.29) is 39.2 Å². The molecule has 14 heteroatoms. The van der Waals surface area contributed by atoms with E-state index in [1.807, 2.05) is 13.8 Å². The van der Waals surface area contributed by atoms with E-state index in [1.165, 1.54) is 79.9 Å². The number of benzene rings is 3. The minimum atomic E-state index is -4.73. The fourth-order valence-electron chi connectivity index (χ4n) is 5.12. The maximum atomic E-state index is 15.4. The summed E-state index contributed by atoms with van der Waals surface area (Å²) in [5.74, 6) is -0.508. The number of allylic oxidation sites excluding steroid dienone is 1. The van der Waals surface area contributed by atoms with E-state index in [0.29, 0.717) is 18.6 Å². The molecule has 1 aliphatic carbocycles. The number of unbranched alkanes of at least 4 members (excludes halogenated alkanes) is 4. The van der Waals surface area contributed by atoms with Crippen LogP contribution in [-0.2, 0) is 38.8 Å². The van der Waals surface area contributed by atoms with E-state index in [2.05, 4.69) is 4.72 Å². The molecule has 0 heterocycles. The molecule has 1 aliphatic rings. The summed E-state index contributed by atoms with van der Waals surface area (Å²) in [6.45, 7) is 3.80. The first-order valence-electron chi connectivity index (χ1n) is 15.3. The van der Waals surface area contributed by atoms with Crippen LogP contribution in [0, 0.1) is 0 Å². The number of carbonyl (C=O) groups excluding carboxylic acids is 1. The van der Waals surface area contributed by atoms with Crippen molar-refractivity contribution in [1.29, 1.82) is 0 Å². The van der Waals surface area contributed by atoms with Crippen LogP contribution < -0.4 is 9.46 Å². The Hall–Kier alpha value is -2.83. The molecule has 254 valence electrons. The highest BCUT2D eigenvalue weighted by molar-refractivity contribution is 7.96. The topological polar surface area (TPSA) is 142 Å². The Morgan fingerprint density at radius 3 is 1.89 bits per heavy atom. The van der Waals surface area contributed by atoms with Crippen LogP contribution in [-0.4, -0.2) is 42.9 Å². The molecule has 10 nitrogen and oxygen atoms in total. The number of ketones is 1. The number of Topliss-reactive ketones (excluding diaryl/α,β-unsaturated/α-hetero) is 1. The van der Waals surface area contributed by atoms with Gasteiger partial charge in [0.1, 0.15) is 10.7 Å². The number of carbonyl (C=O) groups is 1. The van der Waals surface area contributed by atoms with Crippen molar-refractivity contribution in [2.24, 2.45) is 0 Å². The number of methoxy groups -OCH3 is 1. The van der Waals surface area contributed by atoms with Crippen molar-refractivity contribution >= 4 is 44.8 Å². The lowest BCUT2D eigenvalue weighted by molar-refractivity contribution is 0.103. The SMILES string of the molecule is CCCCCOP(=O)(OCCCCC)C1(NS(=O)(=O)c2ccc(OC)cc2)C=C(S(=O)(=O)c2ccc(Cl)cc2)C(=O)c2ccccc21. The van der Waals surface area contributed by atoms with Gasteiger partial charge in [0.05, 0.1) is 30.1 Å². The minimum absolute atomic E-state index is 0.0635. The molecule has 1 unspecified atom stereocenters. The van der Waals surface area contributed by atoms with Gasteiger partial charge in [-0.15, -0.1) is 0 Å². The third-order valence-electron chi connectivity index (χ3n) is 7.67. The number of sulfone groups is 1. The molecule has 0 spiro atoms. The number of hydrogen-bond acceptors (Lipinski definition) is 9. The first-order chi connectivity index (χ1) is 22.3. The van der Waals surface area contributed by atoms with Gasteiger partial charge in [-0.05, 0) is 67.4 Å². The smallest absolute Gasteiger partial charge is 0.360 e. The van der Waals surface area contributed by atoms with Gasteiger partial charge in [0, 0.05) is 16.1 Å². The molecule has 0 fully saturated rings. The van der Waals surface area contributed by atoms with E-state index >= 15 is 4.57 Å². The van der Waals surface area contributed by atoms with Crippen molar-refractivity contribution in [2.75, 3.05) is 20.3 Å².